The van der Waals surface area contributed by atoms with Crippen molar-refractivity contribution < 1.29 is 9.59 Å². The molecule has 1 atom stereocenters. The molecule has 5 heteroatoms. The number of hydrogen-bond acceptors (Lipinski definition) is 3. The second-order valence-corrected chi connectivity index (χ2v) is 6.80. The number of benzene rings is 2. The van der Waals surface area contributed by atoms with Gasteiger partial charge in [0.05, 0.1) is 11.5 Å². The number of thioether (sulfide) groups is 1. The molecule has 2 N–H and O–H groups in total. The van der Waals surface area contributed by atoms with Crippen LogP contribution >= 0.6 is 11.8 Å². The van der Waals surface area contributed by atoms with Gasteiger partial charge >= 0.3 is 0 Å². The van der Waals surface area contributed by atoms with Crippen LogP contribution in [0.5, 0.6) is 0 Å². The molecular weight excluding hydrogens is 320 g/mol. The van der Waals surface area contributed by atoms with Crippen LogP contribution in [0.2, 0.25) is 0 Å². The molecule has 0 saturated heterocycles. The van der Waals surface area contributed by atoms with Gasteiger partial charge in [-0.2, -0.15) is 0 Å². The molecule has 24 heavy (non-hydrogen) atoms. The Hall–Kier alpha value is -2.27. The smallest absolute Gasteiger partial charge is 0.236 e. The minimum Gasteiger partial charge on any atom is -0.369 e. The first-order valence-corrected chi connectivity index (χ1v) is 9.12. The summed E-state index contributed by atoms with van der Waals surface area (Å²) in [4.78, 5) is 25.2. The molecule has 1 unspecified atom stereocenters. The van der Waals surface area contributed by atoms with Gasteiger partial charge in [0.25, 0.3) is 0 Å². The number of nitrogens with zero attached hydrogens (tertiary/aromatic N) is 1. The normalized spacial score (nSPS) is 16.5. The molecule has 2 aromatic rings. The Morgan fingerprint density at radius 1 is 1.04 bits per heavy atom. The molecule has 1 heterocycles. The van der Waals surface area contributed by atoms with E-state index in [2.05, 4.69) is 30.3 Å². The lowest BCUT2D eigenvalue weighted by molar-refractivity contribution is -0.116. The molecule has 0 bridgehead atoms. The zero-order chi connectivity index (χ0) is 16.9. The number of amides is 2. The van der Waals surface area contributed by atoms with Crippen molar-refractivity contribution in [2.45, 2.75) is 12.3 Å². The number of carbonyl (C=O) groups is 2. The Bertz CT molecular complexity index is 733. The van der Waals surface area contributed by atoms with Crippen molar-refractivity contribution in [2.24, 2.45) is 5.73 Å². The van der Waals surface area contributed by atoms with E-state index in [9.17, 15) is 9.59 Å². The van der Waals surface area contributed by atoms with Crippen molar-refractivity contribution in [1.82, 2.24) is 0 Å². The second kappa shape index (κ2) is 7.53. The molecule has 0 spiro atoms. The van der Waals surface area contributed by atoms with E-state index in [0.717, 1.165) is 12.1 Å². The zero-order valence-electron chi connectivity index (χ0n) is 13.4. The Morgan fingerprint density at radius 3 is 2.50 bits per heavy atom. The number of anilines is 1. The molecule has 3 rings (SSSR count). The number of fused-ring (bicyclic) bond motifs is 1. The van der Waals surface area contributed by atoms with Gasteiger partial charge in [-0.25, -0.2) is 0 Å². The molecule has 2 aromatic carbocycles. The quantitative estimate of drug-likeness (QED) is 0.910. The summed E-state index contributed by atoms with van der Waals surface area (Å²) in [6.07, 6.45) is 0.896. The molecule has 1 aliphatic heterocycles. The van der Waals surface area contributed by atoms with Crippen molar-refractivity contribution in [3.63, 3.8) is 0 Å². The van der Waals surface area contributed by atoms with Crippen LogP contribution in [0.4, 0.5) is 5.69 Å². The van der Waals surface area contributed by atoms with Crippen molar-refractivity contribution in [3.8, 4) is 0 Å². The fraction of sp³-hybridized carbons (Fsp3) is 0.263. The Balaban J connectivity index is 1.81. The van der Waals surface area contributed by atoms with Crippen LogP contribution in [0.15, 0.2) is 54.6 Å². The molecule has 124 valence electrons. The van der Waals surface area contributed by atoms with Gasteiger partial charge in [-0.1, -0.05) is 48.5 Å². The van der Waals surface area contributed by atoms with E-state index in [1.54, 1.807) is 0 Å². The molecule has 0 radical (unpaired) electrons. The summed E-state index contributed by atoms with van der Waals surface area (Å²) in [5, 5.41) is 0. The first-order chi connectivity index (χ1) is 11.7. The maximum Gasteiger partial charge on any atom is 0.236 e. The first kappa shape index (κ1) is 16.6. The number of nitrogens with two attached hydrogens (primary N) is 1. The molecular formula is C19H20N2O2S. The average molecular weight is 340 g/mol. The van der Waals surface area contributed by atoms with E-state index in [1.165, 1.54) is 22.9 Å². The fourth-order valence-electron chi connectivity index (χ4n) is 3.17. The van der Waals surface area contributed by atoms with Crippen molar-refractivity contribution in [1.29, 1.82) is 0 Å². The van der Waals surface area contributed by atoms with Gasteiger partial charge in [-0.15, -0.1) is 11.8 Å². The van der Waals surface area contributed by atoms with E-state index in [4.69, 9.17) is 5.73 Å². The highest BCUT2D eigenvalue weighted by Gasteiger charge is 2.29. The van der Waals surface area contributed by atoms with Crippen molar-refractivity contribution >= 4 is 29.3 Å². The van der Waals surface area contributed by atoms with E-state index < -0.39 is 5.91 Å². The van der Waals surface area contributed by atoms with Gasteiger partial charge in [0, 0.05) is 18.2 Å². The van der Waals surface area contributed by atoms with Gasteiger partial charge in [0.2, 0.25) is 11.8 Å². The van der Waals surface area contributed by atoms with Crippen LogP contribution in [0.3, 0.4) is 0 Å². The lowest BCUT2D eigenvalue weighted by Crippen LogP contribution is -2.38. The third-order valence-corrected chi connectivity index (χ3v) is 5.16. The van der Waals surface area contributed by atoms with E-state index in [1.807, 2.05) is 29.2 Å². The van der Waals surface area contributed by atoms with E-state index >= 15 is 0 Å². The Morgan fingerprint density at radius 2 is 1.75 bits per heavy atom. The van der Waals surface area contributed by atoms with Crippen LogP contribution in [0.25, 0.3) is 0 Å². The highest BCUT2D eigenvalue weighted by molar-refractivity contribution is 8.00. The minimum absolute atomic E-state index is 0.0280. The monoisotopic (exact) mass is 340 g/mol. The van der Waals surface area contributed by atoms with Crippen LogP contribution in [0.1, 0.15) is 23.5 Å². The van der Waals surface area contributed by atoms with E-state index in [-0.39, 0.29) is 17.4 Å². The lowest BCUT2D eigenvalue weighted by Gasteiger charge is -2.34. The summed E-state index contributed by atoms with van der Waals surface area (Å²) in [6, 6.07) is 18.5. The Labute approximate surface area is 146 Å². The van der Waals surface area contributed by atoms with Gasteiger partial charge in [-0.05, 0) is 23.6 Å². The summed E-state index contributed by atoms with van der Waals surface area (Å²) in [7, 11) is 0. The maximum absolute atomic E-state index is 12.5. The van der Waals surface area contributed by atoms with E-state index in [0.29, 0.717) is 12.5 Å². The summed E-state index contributed by atoms with van der Waals surface area (Å²) in [5.41, 5.74) is 8.57. The number of primary amides is 1. The molecule has 1 aliphatic rings. The third-order valence-electron chi connectivity index (χ3n) is 4.22. The van der Waals surface area contributed by atoms with Gasteiger partial charge in [-0.3, -0.25) is 9.59 Å². The largest absolute Gasteiger partial charge is 0.369 e. The fourth-order valence-corrected chi connectivity index (χ4v) is 3.80. The SMILES string of the molecule is NC(=O)CSCC(=O)N1CCC(c2ccccc2)c2ccccc21. The van der Waals surface area contributed by atoms with Crippen molar-refractivity contribution in [3.05, 3.63) is 65.7 Å². The highest BCUT2D eigenvalue weighted by Crippen LogP contribution is 2.39. The third kappa shape index (κ3) is 3.62. The predicted molar refractivity (Wildman–Crippen MR) is 98.2 cm³/mol. The van der Waals surface area contributed by atoms with Crippen LogP contribution in [-0.2, 0) is 9.59 Å². The number of carbonyl (C=O) groups excluding carboxylic acids is 2. The Kier molecular flexibility index (Phi) is 5.20. The predicted octanol–water partition coefficient (Wildman–Crippen LogP) is 2.77. The van der Waals surface area contributed by atoms with Gasteiger partial charge in [0.1, 0.15) is 0 Å². The van der Waals surface area contributed by atoms with Crippen LogP contribution in [-0.4, -0.2) is 29.9 Å². The minimum atomic E-state index is -0.393. The molecule has 0 fully saturated rings. The summed E-state index contributed by atoms with van der Waals surface area (Å²) >= 11 is 1.27. The second-order valence-electron chi connectivity index (χ2n) is 5.82. The van der Waals surface area contributed by atoms with Crippen LogP contribution in [0, 0.1) is 0 Å². The summed E-state index contributed by atoms with van der Waals surface area (Å²) < 4.78 is 0. The molecule has 2 amide bonds. The maximum atomic E-state index is 12.5. The van der Waals surface area contributed by atoms with Crippen molar-refractivity contribution in [2.75, 3.05) is 23.0 Å². The summed E-state index contributed by atoms with van der Waals surface area (Å²) in [6.45, 7) is 0.687. The molecule has 0 aliphatic carbocycles. The number of rotatable bonds is 5. The van der Waals surface area contributed by atoms with Crippen LogP contribution < -0.4 is 10.6 Å². The highest BCUT2D eigenvalue weighted by atomic mass is 32.2. The molecule has 4 nitrogen and oxygen atoms in total. The molecule has 0 aromatic heterocycles. The first-order valence-electron chi connectivity index (χ1n) is 7.97. The lowest BCUT2D eigenvalue weighted by atomic mass is 9.84. The average Bonchev–Trinajstić information content (AvgIpc) is 2.61. The standard InChI is InChI=1S/C19H20N2O2S/c20-18(22)12-24-13-19(23)21-11-10-15(14-6-2-1-3-7-14)16-8-4-5-9-17(16)21/h1-9,15H,10-13H2,(H2,20,22). The number of hydrogen-bond donors (Lipinski definition) is 1. The van der Waals surface area contributed by atoms with Gasteiger partial charge < -0.3 is 10.6 Å². The number of para-hydroxylation sites is 1. The zero-order valence-corrected chi connectivity index (χ0v) is 14.2. The molecule has 0 saturated carbocycles. The summed E-state index contributed by atoms with van der Waals surface area (Å²) in [5.74, 6) is 0.391. The van der Waals surface area contributed by atoms with Gasteiger partial charge in [0.15, 0.2) is 0 Å². The topological polar surface area (TPSA) is 63.4 Å².